The molecule has 0 aromatic rings. The summed E-state index contributed by atoms with van der Waals surface area (Å²) in [6.45, 7) is 14.5. The van der Waals surface area contributed by atoms with Crippen molar-refractivity contribution in [2.75, 3.05) is 0 Å². The van der Waals surface area contributed by atoms with Gasteiger partial charge in [0, 0.05) is 5.41 Å². The van der Waals surface area contributed by atoms with Crippen molar-refractivity contribution in [2.45, 2.75) is 86.2 Å². The van der Waals surface area contributed by atoms with Crippen LogP contribution in [0.3, 0.4) is 0 Å². The third-order valence-electron chi connectivity index (χ3n) is 9.45. The van der Waals surface area contributed by atoms with Crippen molar-refractivity contribution < 1.29 is 5.11 Å². The van der Waals surface area contributed by atoms with E-state index in [0.29, 0.717) is 29.1 Å². The molecule has 0 amide bonds. The first-order valence-corrected chi connectivity index (χ1v) is 12.2. The first-order chi connectivity index (χ1) is 13.7. The Labute approximate surface area is 179 Å². The van der Waals surface area contributed by atoms with Crippen LogP contribution in [0.4, 0.5) is 0 Å². The Bertz CT molecular complexity index is 765. The van der Waals surface area contributed by atoms with Gasteiger partial charge >= 0.3 is 0 Å². The third-order valence-corrected chi connectivity index (χ3v) is 9.45. The lowest BCUT2D eigenvalue weighted by Crippen LogP contribution is -2.41. The maximum Gasteiger partial charge on any atom is 0.0578 e. The molecule has 0 spiro atoms. The van der Waals surface area contributed by atoms with Crippen LogP contribution >= 0.6 is 0 Å². The lowest BCUT2D eigenvalue weighted by atomic mass is 9.54. The number of allylic oxidation sites excluding steroid dienone is 7. The van der Waals surface area contributed by atoms with Gasteiger partial charge in [-0.25, -0.2) is 0 Å². The molecule has 0 aliphatic heterocycles. The van der Waals surface area contributed by atoms with E-state index in [0.717, 1.165) is 25.2 Å². The molecule has 29 heavy (non-hydrogen) atoms. The van der Waals surface area contributed by atoms with E-state index < -0.39 is 0 Å². The minimum absolute atomic E-state index is 0.143. The predicted molar refractivity (Wildman–Crippen MR) is 123 cm³/mol. The Hall–Kier alpha value is -1.08. The van der Waals surface area contributed by atoms with E-state index in [1.54, 1.807) is 11.1 Å². The van der Waals surface area contributed by atoms with Crippen LogP contribution in [0.25, 0.3) is 0 Å². The summed E-state index contributed by atoms with van der Waals surface area (Å²) in [6, 6.07) is 0. The molecule has 0 unspecified atom stereocenters. The zero-order chi connectivity index (χ0) is 21.0. The topological polar surface area (TPSA) is 20.2 Å². The average Bonchev–Trinajstić information content (AvgIpc) is 3.03. The van der Waals surface area contributed by atoms with Crippen LogP contribution in [-0.4, -0.2) is 11.2 Å². The summed E-state index contributed by atoms with van der Waals surface area (Å²) in [7, 11) is 0. The highest BCUT2D eigenvalue weighted by atomic mass is 16.3. The van der Waals surface area contributed by atoms with Gasteiger partial charge in [-0.15, -0.1) is 0 Å². The minimum Gasteiger partial charge on any atom is -0.393 e. The summed E-state index contributed by atoms with van der Waals surface area (Å²) >= 11 is 0. The molecule has 0 saturated heterocycles. The molecule has 0 bridgehead atoms. The largest absolute Gasteiger partial charge is 0.393 e. The Morgan fingerprint density at radius 1 is 1.03 bits per heavy atom. The normalized spacial score (nSPS) is 41.2. The fourth-order valence-corrected chi connectivity index (χ4v) is 6.96. The molecule has 1 heteroatoms. The summed E-state index contributed by atoms with van der Waals surface area (Å²) < 4.78 is 0. The van der Waals surface area contributed by atoms with E-state index >= 15 is 0 Å². The van der Waals surface area contributed by atoms with E-state index in [-0.39, 0.29) is 11.5 Å². The number of fused-ring (bicyclic) bond motifs is 5. The molecule has 2 saturated carbocycles. The van der Waals surface area contributed by atoms with Gasteiger partial charge in [0.1, 0.15) is 0 Å². The van der Waals surface area contributed by atoms with E-state index in [1.165, 1.54) is 24.8 Å². The zero-order valence-corrected chi connectivity index (χ0v) is 19.5. The van der Waals surface area contributed by atoms with Gasteiger partial charge in [-0.2, -0.15) is 0 Å². The van der Waals surface area contributed by atoms with Crippen LogP contribution < -0.4 is 0 Å². The SMILES string of the molecule is CC(C)[C@@H](C)/C=C/[C@H](C)[C@H]1CC[C@H]2C3=CC=C4C[C@@H](O)CC[C@]4(C)C3=CC[C@@]12C. The Balaban J connectivity index is 1.60. The molecular weight excluding hydrogens is 352 g/mol. The number of hydrogen-bond donors (Lipinski definition) is 1. The second kappa shape index (κ2) is 7.56. The van der Waals surface area contributed by atoms with Crippen LogP contribution in [-0.2, 0) is 0 Å². The van der Waals surface area contributed by atoms with E-state index in [1.807, 2.05) is 0 Å². The maximum absolute atomic E-state index is 10.2. The van der Waals surface area contributed by atoms with E-state index in [4.69, 9.17) is 0 Å². The lowest BCUT2D eigenvalue weighted by Gasteiger charge is -2.50. The van der Waals surface area contributed by atoms with Gasteiger partial charge in [-0.3, -0.25) is 0 Å². The first-order valence-electron chi connectivity index (χ1n) is 12.2. The highest BCUT2D eigenvalue weighted by Gasteiger charge is 2.53. The van der Waals surface area contributed by atoms with Crippen molar-refractivity contribution in [3.63, 3.8) is 0 Å². The van der Waals surface area contributed by atoms with Crippen LogP contribution in [0.15, 0.2) is 47.1 Å². The summed E-state index contributed by atoms with van der Waals surface area (Å²) in [4.78, 5) is 0. The molecule has 1 nitrogen and oxygen atoms in total. The van der Waals surface area contributed by atoms with Crippen LogP contribution in [0, 0.1) is 40.4 Å². The molecule has 4 aliphatic rings. The Morgan fingerprint density at radius 2 is 1.79 bits per heavy atom. The van der Waals surface area contributed by atoms with Gasteiger partial charge in [0.05, 0.1) is 6.10 Å². The number of aliphatic hydroxyl groups is 1. The molecule has 7 atom stereocenters. The van der Waals surface area contributed by atoms with Crippen molar-refractivity contribution in [3.8, 4) is 0 Å². The Kier molecular flexibility index (Phi) is 5.52. The fraction of sp³-hybridized carbons (Fsp3) is 0.714. The zero-order valence-electron chi connectivity index (χ0n) is 19.5. The molecule has 2 fully saturated rings. The second-order valence-corrected chi connectivity index (χ2v) is 11.5. The van der Waals surface area contributed by atoms with E-state index in [9.17, 15) is 5.11 Å². The van der Waals surface area contributed by atoms with Crippen molar-refractivity contribution in [3.05, 3.63) is 47.1 Å². The van der Waals surface area contributed by atoms with E-state index in [2.05, 4.69) is 71.9 Å². The molecule has 0 radical (unpaired) electrons. The van der Waals surface area contributed by atoms with Gasteiger partial charge < -0.3 is 5.11 Å². The van der Waals surface area contributed by atoms with Gasteiger partial charge in [0.25, 0.3) is 0 Å². The summed E-state index contributed by atoms with van der Waals surface area (Å²) in [5.41, 5.74) is 5.26. The van der Waals surface area contributed by atoms with Gasteiger partial charge in [0.2, 0.25) is 0 Å². The molecular formula is C28H42O. The molecule has 0 aromatic carbocycles. The monoisotopic (exact) mass is 394 g/mol. The predicted octanol–water partition coefficient (Wildman–Crippen LogP) is 7.25. The molecule has 0 heterocycles. The maximum atomic E-state index is 10.2. The highest BCUT2D eigenvalue weighted by molar-refractivity contribution is 5.53. The number of aliphatic hydroxyl groups excluding tert-OH is 1. The van der Waals surface area contributed by atoms with Gasteiger partial charge in [-0.05, 0) is 84.7 Å². The van der Waals surface area contributed by atoms with Crippen molar-refractivity contribution in [2.24, 2.45) is 40.4 Å². The highest BCUT2D eigenvalue weighted by Crippen LogP contribution is 2.63. The van der Waals surface area contributed by atoms with Crippen molar-refractivity contribution in [1.82, 2.24) is 0 Å². The molecule has 4 aliphatic carbocycles. The standard InChI is InChI=1S/C28H42O/c1-18(2)19(3)7-8-20(4)24-11-12-25-23-10-9-21-17-22(29)13-15-27(21,5)26(23)14-16-28(24,25)6/h7-10,14,18-20,22,24-25,29H,11-13,15-17H2,1-6H3/b8-7+/t19-,20-,22-,24+,25-,27-,28-/m0/s1. The van der Waals surface area contributed by atoms with Crippen molar-refractivity contribution >= 4 is 0 Å². The van der Waals surface area contributed by atoms with Gasteiger partial charge in [-0.1, -0.05) is 77.5 Å². The Morgan fingerprint density at radius 3 is 2.52 bits per heavy atom. The second-order valence-electron chi connectivity index (χ2n) is 11.5. The quantitative estimate of drug-likeness (QED) is 0.498. The molecule has 0 aromatic heterocycles. The third kappa shape index (κ3) is 3.42. The summed E-state index contributed by atoms with van der Waals surface area (Å²) in [5, 5.41) is 10.2. The average molecular weight is 395 g/mol. The van der Waals surface area contributed by atoms with Crippen LogP contribution in [0.5, 0.6) is 0 Å². The number of hydrogen-bond acceptors (Lipinski definition) is 1. The molecule has 160 valence electrons. The lowest BCUT2D eigenvalue weighted by molar-refractivity contribution is 0.113. The van der Waals surface area contributed by atoms with Gasteiger partial charge in [0.15, 0.2) is 0 Å². The van der Waals surface area contributed by atoms with Crippen LogP contribution in [0.2, 0.25) is 0 Å². The summed E-state index contributed by atoms with van der Waals surface area (Å²) in [6.07, 6.45) is 19.1. The van der Waals surface area contributed by atoms with Crippen LogP contribution in [0.1, 0.15) is 80.1 Å². The first kappa shape index (κ1) is 21.2. The minimum atomic E-state index is -0.143. The number of rotatable bonds is 4. The summed E-state index contributed by atoms with van der Waals surface area (Å²) in [5.74, 6) is 3.50. The molecule has 1 N–H and O–H groups in total. The molecule has 4 rings (SSSR count). The van der Waals surface area contributed by atoms with Crippen molar-refractivity contribution in [1.29, 1.82) is 0 Å². The fourth-order valence-electron chi connectivity index (χ4n) is 6.96. The smallest absolute Gasteiger partial charge is 0.0578 e.